The summed E-state index contributed by atoms with van der Waals surface area (Å²) < 4.78 is 25.5. The fourth-order valence-corrected chi connectivity index (χ4v) is 3.94. The van der Waals surface area contributed by atoms with Crippen molar-refractivity contribution in [3.05, 3.63) is 35.6 Å². The number of fused-ring (bicyclic) bond motifs is 1. The van der Waals surface area contributed by atoms with Gasteiger partial charge in [0.1, 0.15) is 5.82 Å². The van der Waals surface area contributed by atoms with E-state index in [1.807, 2.05) is 11.8 Å². The second-order valence-electron chi connectivity index (χ2n) is 6.83. The minimum atomic E-state index is -0.314. The van der Waals surface area contributed by atoms with Crippen LogP contribution in [0.15, 0.2) is 24.3 Å². The maximum absolute atomic E-state index is 13.8. The second kappa shape index (κ2) is 7.62. The van der Waals surface area contributed by atoms with Gasteiger partial charge in [0.25, 0.3) is 0 Å². The zero-order valence-electron chi connectivity index (χ0n) is 14.3. The molecular weight excluding hydrogens is 309 g/mol. The average Bonchev–Trinajstić information content (AvgIpc) is 2.61. The minimum Gasteiger partial charge on any atom is -0.381 e. The monoisotopic (exact) mass is 335 g/mol. The highest BCUT2D eigenvalue weighted by atomic mass is 19.1. The maximum atomic E-state index is 13.8. The molecule has 2 saturated heterocycles. The SMILES string of the molecule is CCOC[C@@]12CCCO[C@H]1CCN(C(=O)Cc1ccccc1F)C2. The number of piperidine rings is 1. The van der Waals surface area contributed by atoms with Gasteiger partial charge in [-0.05, 0) is 37.8 Å². The molecule has 2 atom stereocenters. The third kappa shape index (κ3) is 3.62. The maximum Gasteiger partial charge on any atom is 0.227 e. The van der Waals surface area contributed by atoms with Crippen molar-refractivity contribution in [3.8, 4) is 0 Å². The zero-order chi connectivity index (χ0) is 17.0. The number of carbonyl (C=O) groups is 1. The molecule has 0 saturated carbocycles. The standard InChI is InChI=1S/C19H26FNO3/c1-2-23-14-19-9-5-11-24-17(19)8-10-21(13-19)18(22)12-15-6-3-4-7-16(15)20/h3-4,6-7,17H,2,5,8-14H2,1H3/t17-,19-/m0/s1. The first kappa shape index (κ1) is 17.4. The third-order valence-corrected chi connectivity index (χ3v) is 5.23. The summed E-state index contributed by atoms with van der Waals surface area (Å²) >= 11 is 0. The molecular formula is C19H26FNO3. The summed E-state index contributed by atoms with van der Waals surface area (Å²) in [7, 11) is 0. The Morgan fingerprint density at radius 2 is 2.29 bits per heavy atom. The molecule has 1 amide bonds. The van der Waals surface area contributed by atoms with Gasteiger partial charge in [-0.2, -0.15) is 0 Å². The number of amides is 1. The first-order valence-electron chi connectivity index (χ1n) is 8.85. The van der Waals surface area contributed by atoms with Gasteiger partial charge < -0.3 is 14.4 Å². The van der Waals surface area contributed by atoms with Gasteiger partial charge in [0.2, 0.25) is 5.91 Å². The summed E-state index contributed by atoms with van der Waals surface area (Å²) in [5.41, 5.74) is 0.348. The van der Waals surface area contributed by atoms with Crippen LogP contribution in [0.1, 0.15) is 31.7 Å². The summed E-state index contributed by atoms with van der Waals surface area (Å²) in [5.74, 6) is -0.328. The molecule has 5 heteroatoms. The first-order chi connectivity index (χ1) is 11.6. The fourth-order valence-electron chi connectivity index (χ4n) is 3.94. The van der Waals surface area contributed by atoms with Crippen molar-refractivity contribution >= 4 is 5.91 Å². The van der Waals surface area contributed by atoms with Crippen LogP contribution in [0.3, 0.4) is 0 Å². The Hall–Kier alpha value is -1.46. The van der Waals surface area contributed by atoms with Gasteiger partial charge in [0.05, 0.1) is 19.1 Å². The number of hydrogen-bond donors (Lipinski definition) is 0. The number of benzene rings is 1. The quantitative estimate of drug-likeness (QED) is 0.830. The number of nitrogens with zero attached hydrogens (tertiary/aromatic N) is 1. The molecule has 0 N–H and O–H groups in total. The Morgan fingerprint density at radius 3 is 3.08 bits per heavy atom. The van der Waals surface area contributed by atoms with Gasteiger partial charge in [-0.1, -0.05) is 18.2 Å². The van der Waals surface area contributed by atoms with Crippen LogP contribution in [0.4, 0.5) is 4.39 Å². The molecule has 2 aliphatic rings. The van der Waals surface area contributed by atoms with Gasteiger partial charge in [-0.25, -0.2) is 4.39 Å². The van der Waals surface area contributed by atoms with Gasteiger partial charge in [-0.3, -0.25) is 4.79 Å². The van der Waals surface area contributed by atoms with Crippen molar-refractivity contribution in [1.29, 1.82) is 0 Å². The first-order valence-corrected chi connectivity index (χ1v) is 8.85. The van der Waals surface area contributed by atoms with Crippen LogP contribution < -0.4 is 0 Å². The summed E-state index contributed by atoms with van der Waals surface area (Å²) in [6, 6.07) is 6.49. The smallest absolute Gasteiger partial charge is 0.227 e. The van der Waals surface area contributed by atoms with E-state index in [0.29, 0.717) is 31.9 Å². The van der Waals surface area contributed by atoms with Gasteiger partial charge in [-0.15, -0.1) is 0 Å². The minimum absolute atomic E-state index is 0.0139. The summed E-state index contributed by atoms with van der Waals surface area (Å²) in [4.78, 5) is 14.6. The van der Waals surface area contributed by atoms with Crippen molar-refractivity contribution in [2.45, 2.75) is 38.7 Å². The topological polar surface area (TPSA) is 38.8 Å². The summed E-state index contributed by atoms with van der Waals surface area (Å²) in [5, 5.41) is 0. The predicted molar refractivity (Wildman–Crippen MR) is 89.2 cm³/mol. The van der Waals surface area contributed by atoms with Gasteiger partial charge >= 0.3 is 0 Å². The number of ether oxygens (including phenoxy) is 2. The van der Waals surface area contributed by atoms with Gasteiger partial charge in [0.15, 0.2) is 0 Å². The van der Waals surface area contributed by atoms with Crippen LogP contribution in [0.25, 0.3) is 0 Å². The van der Waals surface area contributed by atoms with E-state index in [1.54, 1.807) is 18.2 Å². The highest BCUT2D eigenvalue weighted by Gasteiger charge is 2.47. The van der Waals surface area contributed by atoms with Crippen molar-refractivity contribution in [1.82, 2.24) is 4.90 Å². The number of likely N-dealkylation sites (tertiary alicyclic amines) is 1. The molecule has 3 rings (SSSR count). The van der Waals surface area contributed by atoms with E-state index in [-0.39, 0.29) is 29.7 Å². The molecule has 0 aliphatic carbocycles. The van der Waals surface area contributed by atoms with Crippen LogP contribution in [-0.4, -0.2) is 49.8 Å². The van der Waals surface area contributed by atoms with Crippen LogP contribution in [0.5, 0.6) is 0 Å². The van der Waals surface area contributed by atoms with Crippen LogP contribution in [0, 0.1) is 11.2 Å². The van der Waals surface area contributed by atoms with E-state index in [9.17, 15) is 9.18 Å². The average molecular weight is 335 g/mol. The highest BCUT2D eigenvalue weighted by Crippen LogP contribution is 2.40. The fraction of sp³-hybridized carbons (Fsp3) is 0.632. The second-order valence-corrected chi connectivity index (χ2v) is 6.83. The van der Waals surface area contributed by atoms with E-state index >= 15 is 0 Å². The number of rotatable bonds is 5. The van der Waals surface area contributed by atoms with Gasteiger partial charge in [0, 0.05) is 31.7 Å². The molecule has 132 valence electrons. The molecule has 0 bridgehead atoms. The van der Waals surface area contributed by atoms with Crippen LogP contribution in [-0.2, 0) is 20.7 Å². The molecule has 1 aromatic rings. The Morgan fingerprint density at radius 1 is 1.46 bits per heavy atom. The molecule has 0 aromatic heterocycles. The lowest BCUT2D eigenvalue weighted by molar-refractivity contribution is -0.163. The number of carbonyl (C=O) groups excluding carboxylic acids is 1. The van der Waals surface area contributed by atoms with E-state index in [1.165, 1.54) is 6.07 Å². The highest BCUT2D eigenvalue weighted by molar-refractivity contribution is 5.79. The normalized spacial score (nSPS) is 26.9. The summed E-state index contributed by atoms with van der Waals surface area (Å²) in [6.07, 6.45) is 3.12. The van der Waals surface area contributed by atoms with E-state index < -0.39 is 0 Å². The molecule has 4 nitrogen and oxygen atoms in total. The Labute approximate surface area is 142 Å². The molecule has 24 heavy (non-hydrogen) atoms. The Bertz CT molecular complexity index is 579. The molecule has 2 heterocycles. The molecule has 0 spiro atoms. The van der Waals surface area contributed by atoms with E-state index in [4.69, 9.17) is 9.47 Å². The van der Waals surface area contributed by atoms with Crippen molar-refractivity contribution in [2.24, 2.45) is 5.41 Å². The van der Waals surface area contributed by atoms with Crippen molar-refractivity contribution in [3.63, 3.8) is 0 Å². The third-order valence-electron chi connectivity index (χ3n) is 5.23. The summed E-state index contributed by atoms with van der Waals surface area (Å²) in [6.45, 7) is 5.38. The number of hydrogen-bond acceptors (Lipinski definition) is 3. The van der Waals surface area contributed by atoms with Crippen LogP contribution >= 0.6 is 0 Å². The van der Waals surface area contributed by atoms with Crippen molar-refractivity contribution < 1.29 is 18.7 Å². The van der Waals surface area contributed by atoms with E-state index in [2.05, 4.69) is 0 Å². The number of halogens is 1. The van der Waals surface area contributed by atoms with Crippen LogP contribution in [0.2, 0.25) is 0 Å². The molecule has 0 radical (unpaired) electrons. The lowest BCUT2D eigenvalue weighted by Gasteiger charge is -2.50. The van der Waals surface area contributed by atoms with Crippen molar-refractivity contribution in [2.75, 3.05) is 32.9 Å². The Balaban J connectivity index is 1.70. The lowest BCUT2D eigenvalue weighted by atomic mass is 9.73. The zero-order valence-corrected chi connectivity index (χ0v) is 14.3. The molecule has 0 unspecified atom stereocenters. The molecule has 2 aliphatic heterocycles. The molecule has 1 aromatic carbocycles. The Kier molecular flexibility index (Phi) is 5.51. The van der Waals surface area contributed by atoms with E-state index in [0.717, 1.165) is 25.9 Å². The largest absolute Gasteiger partial charge is 0.381 e. The predicted octanol–water partition coefficient (Wildman–Crippen LogP) is 2.80. The lowest BCUT2D eigenvalue weighted by Crippen LogP contribution is -2.58. The molecule has 2 fully saturated rings.